The summed E-state index contributed by atoms with van der Waals surface area (Å²) in [6.45, 7) is 7.39. The van der Waals surface area contributed by atoms with E-state index in [2.05, 4.69) is 11.6 Å². The molecule has 4 rings (SSSR count). The van der Waals surface area contributed by atoms with Crippen molar-refractivity contribution in [1.29, 1.82) is 0 Å². The Balaban J connectivity index is 1.50. The Morgan fingerprint density at radius 1 is 1.31 bits per heavy atom. The molecular formula is C19H20ClNO5. The molecule has 1 aromatic heterocycles. The molecule has 0 amide bonds. The second kappa shape index (κ2) is 6.18. The number of ether oxygens (including phenoxy) is 4. The Kier molecular flexibility index (Phi) is 4.21. The molecule has 138 valence electrons. The number of fused-ring (bicyclic) bond motifs is 2. The summed E-state index contributed by atoms with van der Waals surface area (Å²) in [5.74, 6) is -0.219. The van der Waals surface area contributed by atoms with Crippen LogP contribution in [0.4, 0.5) is 0 Å². The van der Waals surface area contributed by atoms with Crippen molar-refractivity contribution in [3.8, 4) is 5.75 Å². The lowest BCUT2D eigenvalue weighted by Gasteiger charge is -2.30. The number of aliphatic hydroxyl groups is 1. The summed E-state index contributed by atoms with van der Waals surface area (Å²) < 4.78 is 23.1. The van der Waals surface area contributed by atoms with Gasteiger partial charge in [0.1, 0.15) is 35.3 Å². The molecule has 6 nitrogen and oxygen atoms in total. The average molecular weight is 378 g/mol. The summed E-state index contributed by atoms with van der Waals surface area (Å²) in [6, 6.07) is 9.15. The van der Waals surface area contributed by atoms with Crippen LogP contribution in [-0.2, 0) is 14.2 Å². The molecule has 4 atom stereocenters. The third-order valence-corrected chi connectivity index (χ3v) is 4.90. The molecule has 2 aromatic rings. The molecule has 1 unspecified atom stereocenters. The average Bonchev–Trinajstić information content (AvgIpc) is 3.04. The first-order valence-corrected chi connectivity index (χ1v) is 8.75. The van der Waals surface area contributed by atoms with Gasteiger partial charge >= 0.3 is 0 Å². The maximum absolute atomic E-state index is 11.0. The van der Waals surface area contributed by atoms with Crippen molar-refractivity contribution in [2.75, 3.05) is 6.61 Å². The summed E-state index contributed by atoms with van der Waals surface area (Å²) in [7, 11) is 0. The van der Waals surface area contributed by atoms with E-state index in [0.717, 1.165) is 10.9 Å². The number of nitrogens with zero attached hydrogens (tertiary/aromatic N) is 1. The van der Waals surface area contributed by atoms with Crippen molar-refractivity contribution in [3.05, 3.63) is 48.1 Å². The molecule has 1 aromatic carbocycles. The van der Waals surface area contributed by atoms with Gasteiger partial charge in [-0.05, 0) is 38.1 Å². The van der Waals surface area contributed by atoms with Gasteiger partial charge in [-0.2, -0.15) is 0 Å². The number of hydrogen-bond acceptors (Lipinski definition) is 6. The SMILES string of the molecule is C=CC1(O)[C@@H](COc2ccc3ccc(Cl)nc3c2)O[C@@H]2OC(C)(C)O[C@@H]21. The van der Waals surface area contributed by atoms with Crippen molar-refractivity contribution in [2.24, 2.45) is 0 Å². The predicted molar refractivity (Wildman–Crippen MR) is 96.1 cm³/mol. The second-order valence-corrected chi connectivity index (χ2v) is 7.33. The first-order valence-electron chi connectivity index (χ1n) is 8.37. The topological polar surface area (TPSA) is 70.0 Å². The first-order chi connectivity index (χ1) is 12.3. The van der Waals surface area contributed by atoms with Crippen LogP contribution in [0.25, 0.3) is 10.9 Å². The molecule has 7 heteroatoms. The Morgan fingerprint density at radius 3 is 2.85 bits per heavy atom. The number of rotatable bonds is 4. The van der Waals surface area contributed by atoms with Crippen molar-refractivity contribution < 1.29 is 24.1 Å². The third kappa shape index (κ3) is 2.98. The normalized spacial score (nSPS) is 32.5. The van der Waals surface area contributed by atoms with Crippen LogP contribution in [-0.4, -0.2) is 46.6 Å². The van der Waals surface area contributed by atoms with E-state index in [1.165, 1.54) is 6.08 Å². The van der Waals surface area contributed by atoms with Crippen molar-refractivity contribution >= 4 is 22.5 Å². The van der Waals surface area contributed by atoms with Crippen LogP contribution in [0.3, 0.4) is 0 Å². The van der Waals surface area contributed by atoms with Gasteiger partial charge < -0.3 is 24.1 Å². The van der Waals surface area contributed by atoms with Crippen molar-refractivity contribution in [1.82, 2.24) is 4.98 Å². The van der Waals surface area contributed by atoms with Gasteiger partial charge in [-0.3, -0.25) is 0 Å². The van der Waals surface area contributed by atoms with Crippen LogP contribution in [0.2, 0.25) is 5.15 Å². The Labute approximate surface area is 156 Å². The molecule has 0 radical (unpaired) electrons. The Hall–Kier alpha value is -1.70. The van der Waals surface area contributed by atoms with Gasteiger partial charge in [-0.1, -0.05) is 17.7 Å². The molecule has 2 aliphatic heterocycles. The van der Waals surface area contributed by atoms with E-state index in [1.807, 2.05) is 18.2 Å². The van der Waals surface area contributed by atoms with Gasteiger partial charge in [0.05, 0.1) is 5.52 Å². The van der Waals surface area contributed by atoms with Crippen molar-refractivity contribution in [3.63, 3.8) is 0 Å². The fraction of sp³-hybridized carbons (Fsp3) is 0.421. The fourth-order valence-corrected chi connectivity index (χ4v) is 3.50. The number of hydrogen-bond donors (Lipinski definition) is 1. The minimum atomic E-state index is -1.41. The summed E-state index contributed by atoms with van der Waals surface area (Å²) in [4.78, 5) is 4.27. The third-order valence-electron chi connectivity index (χ3n) is 4.69. The maximum atomic E-state index is 11.0. The zero-order chi connectivity index (χ0) is 18.5. The second-order valence-electron chi connectivity index (χ2n) is 6.94. The molecule has 2 aliphatic rings. The van der Waals surface area contributed by atoms with Gasteiger partial charge in [-0.15, -0.1) is 6.58 Å². The summed E-state index contributed by atoms with van der Waals surface area (Å²) in [5.41, 5.74) is -0.678. The molecule has 3 heterocycles. The van der Waals surface area contributed by atoms with E-state index in [0.29, 0.717) is 10.9 Å². The van der Waals surface area contributed by atoms with E-state index in [1.54, 1.807) is 26.0 Å². The standard InChI is InChI=1S/C19H20ClNO5/c1-4-19(22)14(24-17-16(19)25-18(2,3)26-17)10-23-12-7-5-11-6-8-15(20)21-13(11)9-12/h4-9,14,16-17,22H,1,10H2,2-3H3/t14-,16+,17-,19?/m1/s1. The summed E-state index contributed by atoms with van der Waals surface area (Å²) >= 11 is 5.94. The van der Waals surface area contributed by atoms with E-state index < -0.39 is 29.9 Å². The fourth-order valence-electron chi connectivity index (χ4n) is 3.35. The smallest absolute Gasteiger partial charge is 0.191 e. The van der Waals surface area contributed by atoms with Crippen LogP contribution in [0.15, 0.2) is 43.0 Å². The molecule has 0 bridgehead atoms. The molecular weight excluding hydrogens is 358 g/mol. The molecule has 0 saturated carbocycles. The van der Waals surface area contributed by atoms with E-state index in [-0.39, 0.29) is 6.61 Å². The molecule has 0 aliphatic carbocycles. The molecule has 26 heavy (non-hydrogen) atoms. The van der Waals surface area contributed by atoms with E-state index in [9.17, 15) is 5.11 Å². The van der Waals surface area contributed by atoms with Crippen LogP contribution in [0, 0.1) is 0 Å². The first kappa shape index (κ1) is 17.7. The van der Waals surface area contributed by atoms with Gasteiger partial charge in [-0.25, -0.2) is 4.98 Å². The van der Waals surface area contributed by atoms with Crippen molar-refractivity contribution in [2.45, 2.75) is 43.7 Å². The minimum Gasteiger partial charge on any atom is -0.491 e. The number of halogens is 1. The molecule has 2 saturated heterocycles. The highest BCUT2D eigenvalue weighted by molar-refractivity contribution is 6.29. The van der Waals surface area contributed by atoms with Crippen LogP contribution in [0.1, 0.15) is 13.8 Å². The number of pyridine rings is 1. The van der Waals surface area contributed by atoms with Crippen LogP contribution >= 0.6 is 11.6 Å². The highest BCUT2D eigenvalue weighted by atomic mass is 35.5. The monoisotopic (exact) mass is 377 g/mol. The quantitative estimate of drug-likeness (QED) is 0.652. The zero-order valence-electron chi connectivity index (χ0n) is 14.5. The molecule has 1 N–H and O–H groups in total. The van der Waals surface area contributed by atoms with Gasteiger partial charge in [0.15, 0.2) is 12.1 Å². The van der Waals surface area contributed by atoms with E-state index in [4.69, 9.17) is 30.5 Å². The van der Waals surface area contributed by atoms with Gasteiger partial charge in [0.25, 0.3) is 0 Å². The lowest BCUT2D eigenvalue weighted by Crippen LogP contribution is -2.49. The predicted octanol–water partition coefficient (Wildman–Crippen LogP) is 3.06. The molecule has 0 spiro atoms. The Morgan fingerprint density at radius 2 is 2.08 bits per heavy atom. The molecule has 2 fully saturated rings. The summed E-state index contributed by atoms with van der Waals surface area (Å²) in [5, 5.41) is 12.4. The Bertz CT molecular complexity index is 857. The van der Waals surface area contributed by atoms with E-state index >= 15 is 0 Å². The van der Waals surface area contributed by atoms with Gasteiger partial charge in [0, 0.05) is 11.5 Å². The number of benzene rings is 1. The maximum Gasteiger partial charge on any atom is 0.191 e. The number of aromatic nitrogens is 1. The largest absolute Gasteiger partial charge is 0.491 e. The minimum absolute atomic E-state index is 0.106. The van der Waals surface area contributed by atoms with Crippen LogP contribution < -0.4 is 4.74 Å². The van der Waals surface area contributed by atoms with Gasteiger partial charge in [0.2, 0.25) is 0 Å². The summed E-state index contributed by atoms with van der Waals surface area (Å²) in [6.07, 6.45) is -0.563. The highest BCUT2D eigenvalue weighted by Gasteiger charge is 2.62. The lowest BCUT2D eigenvalue weighted by atomic mass is 9.93. The van der Waals surface area contributed by atoms with Crippen LogP contribution in [0.5, 0.6) is 5.75 Å². The lowest BCUT2D eigenvalue weighted by molar-refractivity contribution is -0.226. The zero-order valence-corrected chi connectivity index (χ0v) is 15.3. The highest BCUT2D eigenvalue weighted by Crippen LogP contribution is 2.43.